The number of benzene rings is 2. The fourth-order valence-corrected chi connectivity index (χ4v) is 2.35. The van der Waals surface area contributed by atoms with E-state index in [1.807, 2.05) is 6.92 Å². The Morgan fingerprint density at radius 2 is 1.75 bits per heavy atom. The molecule has 2 rings (SSSR count). The molecule has 0 bridgehead atoms. The number of hydrogen-bond acceptors (Lipinski definition) is 1. The van der Waals surface area contributed by atoms with Crippen molar-refractivity contribution in [3.8, 4) is 0 Å². The highest BCUT2D eigenvalue weighted by Crippen LogP contribution is 2.32. The van der Waals surface area contributed by atoms with Crippen LogP contribution in [0.5, 0.6) is 0 Å². The molecule has 106 valence electrons. The fourth-order valence-electron chi connectivity index (χ4n) is 1.91. The Morgan fingerprint density at radius 3 is 2.45 bits per heavy atom. The maximum Gasteiger partial charge on any atom is 0.128 e. The van der Waals surface area contributed by atoms with Crippen molar-refractivity contribution in [3.63, 3.8) is 0 Å². The summed E-state index contributed by atoms with van der Waals surface area (Å²) in [5, 5.41) is 4.08. The van der Waals surface area contributed by atoms with Crippen molar-refractivity contribution in [2.45, 2.75) is 19.9 Å². The molecule has 0 fully saturated rings. The van der Waals surface area contributed by atoms with E-state index in [-0.39, 0.29) is 5.56 Å². The molecule has 0 aliphatic rings. The Kier molecular flexibility index (Phi) is 4.51. The Labute approximate surface area is 126 Å². The van der Waals surface area contributed by atoms with Gasteiger partial charge in [0, 0.05) is 10.6 Å². The van der Waals surface area contributed by atoms with Gasteiger partial charge in [-0.3, -0.25) is 0 Å². The molecule has 1 unspecified atom stereocenters. The lowest BCUT2D eigenvalue weighted by atomic mass is 10.1. The van der Waals surface area contributed by atoms with Crippen molar-refractivity contribution >= 4 is 28.9 Å². The van der Waals surface area contributed by atoms with Gasteiger partial charge in [-0.1, -0.05) is 23.2 Å². The maximum atomic E-state index is 13.7. The topological polar surface area (TPSA) is 12.0 Å². The number of nitrogens with one attached hydrogen (secondary N) is 1. The van der Waals surface area contributed by atoms with Crippen molar-refractivity contribution in [3.05, 3.63) is 63.1 Å². The van der Waals surface area contributed by atoms with Crippen LogP contribution in [0.1, 0.15) is 24.1 Å². The predicted molar refractivity (Wildman–Crippen MR) is 79.6 cm³/mol. The van der Waals surface area contributed by atoms with Gasteiger partial charge >= 0.3 is 0 Å². The van der Waals surface area contributed by atoms with Crippen LogP contribution < -0.4 is 5.32 Å². The molecule has 1 nitrogen and oxygen atoms in total. The number of halogens is 4. The Balaban J connectivity index is 2.30. The lowest BCUT2D eigenvalue weighted by molar-refractivity contribution is 0.577. The minimum absolute atomic E-state index is 0.234. The first-order chi connectivity index (χ1) is 9.38. The van der Waals surface area contributed by atoms with Crippen LogP contribution in [0.4, 0.5) is 14.5 Å². The van der Waals surface area contributed by atoms with Crippen LogP contribution in [0.2, 0.25) is 10.0 Å². The first kappa shape index (κ1) is 15.1. The number of aryl methyl sites for hydroxylation is 1. The smallest absolute Gasteiger partial charge is 0.128 e. The minimum Gasteiger partial charge on any atom is -0.377 e. The van der Waals surface area contributed by atoms with Crippen LogP contribution in [-0.2, 0) is 0 Å². The van der Waals surface area contributed by atoms with Gasteiger partial charge in [0.15, 0.2) is 0 Å². The Hall–Kier alpha value is -1.32. The highest BCUT2D eigenvalue weighted by Gasteiger charge is 2.14. The van der Waals surface area contributed by atoms with Crippen LogP contribution in [-0.4, -0.2) is 0 Å². The number of anilines is 1. The van der Waals surface area contributed by atoms with E-state index in [0.717, 1.165) is 23.8 Å². The van der Waals surface area contributed by atoms with Crippen LogP contribution in [0.3, 0.4) is 0 Å². The quantitative estimate of drug-likeness (QED) is 0.760. The molecule has 2 aromatic rings. The molecule has 0 saturated heterocycles. The van der Waals surface area contributed by atoms with Crippen LogP contribution in [0, 0.1) is 18.6 Å². The summed E-state index contributed by atoms with van der Waals surface area (Å²) in [5.74, 6) is -0.955. The fraction of sp³-hybridized carbons (Fsp3) is 0.200. The van der Waals surface area contributed by atoms with E-state index >= 15 is 0 Å². The molecule has 2 aromatic carbocycles. The first-order valence-corrected chi connectivity index (χ1v) is 6.81. The number of rotatable bonds is 3. The van der Waals surface area contributed by atoms with E-state index in [4.69, 9.17) is 23.2 Å². The summed E-state index contributed by atoms with van der Waals surface area (Å²) >= 11 is 12.2. The van der Waals surface area contributed by atoms with Crippen molar-refractivity contribution in [2.24, 2.45) is 0 Å². The average Bonchev–Trinajstić information content (AvgIpc) is 2.38. The van der Waals surface area contributed by atoms with E-state index in [2.05, 4.69) is 5.32 Å². The zero-order valence-electron chi connectivity index (χ0n) is 11.0. The molecule has 0 heterocycles. The molecule has 20 heavy (non-hydrogen) atoms. The lowest BCUT2D eigenvalue weighted by Gasteiger charge is -2.18. The molecule has 5 heteroatoms. The third-order valence-electron chi connectivity index (χ3n) is 3.04. The second-order valence-electron chi connectivity index (χ2n) is 4.61. The molecule has 0 radical (unpaired) electrons. The molecule has 1 atom stereocenters. The minimum atomic E-state index is -0.483. The van der Waals surface area contributed by atoms with E-state index < -0.39 is 17.7 Å². The van der Waals surface area contributed by atoms with Gasteiger partial charge in [0.25, 0.3) is 0 Å². The summed E-state index contributed by atoms with van der Waals surface area (Å²) in [4.78, 5) is 0. The maximum absolute atomic E-state index is 13.7. The van der Waals surface area contributed by atoms with Gasteiger partial charge in [-0.2, -0.15) is 0 Å². The zero-order valence-corrected chi connectivity index (χ0v) is 12.5. The number of hydrogen-bond donors (Lipinski definition) is 1. The molecule has 1 N–H and O–H groups in total. The average molecular weight is 316 g/mol. The second kappa shape index (κ2) is 5.98. The Bertz CT molecular complexity index is 644. The van der Waals surface area contributed by atoms with Gasteiger partial charge < -0.3 is 5.32 Å². The first-order valence-electron chi connectivity index (χ1n) is 6.05. The standard InChI is InChI=1S/C15H13Cl2F2N/c1-8-5-13(17)15(7-12(8)16)20-9(2)11-6-10(18)3-4-14(11)19/h3-7,9,20H,1-2H3. The van der Waals surface area contributed by atoms with Gasteiger partial charge in [-0.25, -0.2) is 8.78 Å². The van der Waals surface area contributed by atoms with E-state index in [1.54, 1.807) is 19.1 Å². The summed E-state index contributed by atoms with van der Waals surface area (Å²) < 4.78 is 26.9. The molecule has 0 saturated carbocycles. The largest absolute Gasteiger partial charge is 0.377 e. The highest BCUT2D eigenvalue weighted by atomic mass is 35.5. The van der Waals surface area contributed by atoms with Gasteiger partial charge in [0.2, 0.25) is 0 Å². The van der Waals surface area contributed by atoms with Gasteiger partial charge in [0.1, 0.15) is 11.6 Å². The molecule has 0 aromatic heterocycles. The van der Waals surface area contributed by atoms with Crippen LogP contribution in [0.15, 0.2) is 30.3 Å². The Morgan fingerprint density at radius 1 is 1.05 bits per heavy atom. The van der Waals surface area contributed by atoms with Crippen molar-refractivity contribution in [1.29, 1.82) is 0 Å². The second-order valence-corrected chi connectivity index (χ2v) is 5.43. The van der Waals surface area contributed by atoms with Crippen LogP contribution in [0.25, 0.3) is 0 Å². The molecule has 0 aliphatic carbocycles. The van der Waals surface area contributed by atoms with Gasteiger partial charge in [-0.05, 0) is 49.7 Å². The summed E-state index contributed by atoms with van der Waals surface area (Å²) in [6.45, 7) is 3.57. The predicted octanol–water partition coefficient (Wildman–Crippen LogP) is 5.75. The molecular formula is C15H13Cl2F2N. The molecule has 0 aliphatic heterocycles. The lowest BCUT2D eigenvalue weighted by Crippen LogP contribution is -2.09. The summed E-state index contributed by atoms with van der Waals surface area (Å²) in [7, 11) is 0. The van der Waals surface area contributed by atoms with Crippen molar-refractivity contribution in [2.75, 3.05) is 5.32 Å². The molecule has 0 spiro atoms. The monoisotopic (exact) mass is 315 g/mol. The normalized spacial score (nSPS) is 12.3. The third-order valence-corrected chi connectivity index (χ3v) is 3.76. The van der Waals surface area contributed by atoms with Gasteiger partial charge in [-0.15, -0.1) is 0 Å². The van der Waals surface area contributed by atoms with Crippen molar-refractivity contribution < 1.29 is 8.78 Å². The van der Waals surface area contributed by atoms with E-state index in [9.17, 15) is 8.78 Å². The molecular weight excluding hydrogens is 303 g/mol. The summed E-state index contributed by atoms with van der Waals surface area (Å²) in [6, 6.07) is 6.31. The summed E-state index contributed by atoms with van der Waals surface area (Å²) in [6.07, 6.45) is 0. The SMILES string of the molecule is Cc1cc(Cl)c(NC(C)c2cc(F)ccc2F)cc1Cl. The van der Waals surface area contributed by atoms with E-state index in [0.29, 0.717) is 15.7 Å². The highest BCUT2D eigenvalue weighted by molar-refractivity contribution is 6.35. The molecule has 0 amide bonds. The van der Waals surface area contributed by atoms with Gasteiger partial charge in [0.05, 0.1) is 16.8 Å². The summed E-state index contributed by atoms with van der Waals surface area (Å²) in [5.41, 5.74) is 1.67. The zero-order chi connectivity index (χ0) is 14.9. The van der Waals surface area contributed by atoms with Crippen LogP contribution >= 0.6 is 23.2 Å². The van der Waals surface area contributed by atoms with Crippen molar-refractivity contribution in [1.82, 2.24) is 0 Å². The van der Waals surface area contributed by atoms with E-state index in [1.165, 1.54) is 0 Å². The third kappa shape index (κ3) is 3.22.